The van der Waals surface area contributed by atoms with E-state index in [1.807, 2.05) is 0 Å². The molecule has 1 heterocycles. The van der Waals surface area contributed by atoms with Crippen LogP contribution in [0.3, 0.4) is 0 Å². The van der Waals surface area contributed by atoms with Gasteiger partial charge in [0.1, 0.15) is 9.88 Å². The van der Waals surface area contributed by atoms with Gasteiger partial charge in [0.2, 0.25) is 0 Å². The third-order valence-corrected chi connectivity index (χ3v) is 4.21. The second kappa shape index (κ2) is 5.48. The first-order valence-corrected chi connectivity index (χ1v) is 7.02. The molecule has 1 amide bonds. The second-order valence-electron chi connectivity index (χ2n) is 4.41. The molecule has 1 aromatic heterocycles. The zero-order chi connectivity index (χ0) is 14.0. The number of esters is 1. The molecule has 0 atom stereocenters. The first kappa shape index (κ1) is 13.7. The van der Waals surface area contributed by atoms with E-state index in [2.05, 4.69) is 5.32 Å². The van der Waals surface area contributed by atoms with Crippen molar-refractivity contribution in [2.75, 3.05) is 17.7 Å². The van der Waals surface area contributed by atoms with Crippen LogP contribution < -0.4 is 16.8 Å². The Bertz CT molecular complexity index is 509. The number of thiophene rings is 1. The Hall–Kier alpha value is -1.76. The Morgan fingerprint density at radius 2 is 2.16 bits per heavy atom. The summed E-state index contributed by atoms with van der Waals surface area (Å²) in [6, 6.07) is 0.325. The Labute approximate surface area is 115 Å². The highest BCUT2D eigenvalue weighted by Gasteiger charge is 2.27. The first-order valence-electron chi connectivity index (χ1n) is 6.20. The highest BCUT2D eigenvalue weighted by molar-refractivity contribution is 7.19. The highest BCUT2D eigenvalue weighted by Crippen LogP contribution is 2.38. The van der Waals surface area contributed by atoms with E-state index >= 15 is 0 Å². The van der Waals surface area contributed by atoms with Gasteiger partial charge in [0.05, 0.1) is 17.9 Å². The van der Waals surface area contributed by atoms with E-state index in [9.17, 15) is 9.59 Å². The summed E-state index contributed by atoms with van der Waals surface area (Å²) in [6.07, 6.45) is 3.25. The van der Waals surface area contributed by atoms with E-state index in [0.717, 1.165) is 30.6 Å². The van der Waals surface area contributed by atoms with Crippen molar-refractivity contribution in [1.82, 2.24) is 0 Å². The lowest BCUT2D eigenvalue weighted by molar-refractivity contribution is 0.0533. The van der Waals surface area contributed by atoms with Gasteiger partial charge in [-0.3, -0.25) is 4.79 Å². The quantitative estimate of drug-likeness (QED) is 0.711. The average molecular weight is 283 g/mol. The molecule has 5 N–H and O–H groups in total. The molecule has 0 bridgehead atoms. The normalized spacial score (nSPS) is 14.8. The van der Waals surface area contributed by atoms with Crippen molar-refractivity contribution in [2.45, 2.75) is 32.2 Å². The third kappa shape index (κ3) is 2.65. The summed E-state index contributed by atoms with van der Waals surface area (Å²) in [5.74, 6) is -1.15. The molecule has 1 saturated carbocycles. The summed E-state index contributed by atoms with van der Waals surface area (Å²) >= 11 is 1.13. The van der Waals surface area contributed by atoms with E-state index in [0.29, 0.717) is 11.0 Å². The summed E-state index contributed by atoms with van der Waals surface area (Å²) in [5.41, 5.74) is 11.5. The maximum atomic E-state index is 11.8. The number of nitrogens with one attached hydrogen (secondary N) is 1. The van der Waals surface area contributed by atoms with Crippen LogP contribution >= 0.6 is 11.3 Å². The summed E-state index contributed by atoms with van der Waals surface area (Å²) in [5, 5.41) is 3.78. The van der Waals surface area contributed by atoms with Crippen LogP contribution in [-0.4, -0.2) is 24.5 Å². The zero-order valence-corrected chi connectivity index (χ0v) is 11.5. The standard InChI is InChI=1S/C12H17N3O3S/c1-2-18-12(17)9-8(13)7(10(14)16)11(19-9)15-6-4-3-5-6/h6,15H,2-5,13H2,1H3,(H2,14,16). The van der Waals surface area contributed by atoms with Crippen LogP contribution in [0, 0.1) is 0 Å². The number of hydrogen-bond acceptors (Lipinski definition) is 6. The molecular weight excluding hydrogens is 266 g/mol. The average Bonchev–Trinajstić information content (AvgIpc) is 2.61. The number of ether oxygens (including phenoxy) is 1. The maximum absolute atomic E-state index is 11.8. The van der Waals surface area contributed by atoms with E-state index in [4.69, 9.17) is 16.2 Å². The fourth-order valence-corrected chi connectivity index (χ4v) is 2.97. The van der Waals surface area contributed by atoms with Crippen molar-refractivity contribution in [2.24, 2.45) is 5.73 Å². The number of carbonyl (C=O) groups excluding carboxylic acids is 2. The van der Waals surface area contributed by atoms with Crippen molar-refractivity contribution in [1.29, 1.82) is 0 Å². The Kier molecular flexibility index (Phi) is 3.94. The molecule has 104 valence electrons. The van der Waals surface area contributed by atoms with Gasteiger partial charge in [-0.2, -0.15) is 0 Å². The minimum Gasteiger partial charge on any atom is -0.462 e. The maximum Gasteiger partial charge on any atom is 0.350 e. The Morgan fingerprint density at radius 3 is 2.63 bits per heavy atom. The SMILES string of the molecule is CCOC(=O)c1sc(NC2CCC2)c(C(N)=O)c1N. The van der Waals surface area contributed by atoms with Crippen LogP contribution in [0.1, 0.15) is 46.2 Å². The van der Waals surface area contributed by atoms with Crippen molar-refractivity contribution >= 4 is 33.9 Å². The van der Waals surface area contributed by atoms with E-state index in [1.54, 1.807) is 6.92 Å². The van der Waals surface area contributed by atoms with Gasteiger partial charge in [0.25, 0.3) is 5.91 Å². The van der Waals surface area contributed by atoms with Crippen LogP contribution in [0.25, 0.3) is 0 Å². The molecule has 1 aromatic rings. The largest absolute Gasteiger partial charge is 0.462 e. The number of hydrogen-bond donors (Lipinski definition) is 3. The highest BCUT2D eigenvalue weighted by atomic mass is 32.1. The van der Waals surface area contributed by atoms with Gasteiger partial charge in [-0.1, -0.05) is 0 Å². The number of nitrogen functional groups attached to an aromatic ring is 1. The summed E-state index contributed by atoms with van der Waals surface area (Å²) in [4.78, 5) is 23.5. The molecule has 1 aliphatic rings. The van der Waals surface area contributed by atoms with Crippen LogP contribution in [0.15, 0.2) is 0 Å². The van der Waals surface area contributed by atoms with Gasteiger partial charge < -0.3 is 21.5 Å². The number of amides is 1. The minimum atomic E-state index is -0.633. The zero-order valence-electron chi connectivity index (χ0n) is 10.7. The van der Waals surface area contributed by atoms with E-state index < -0.39 is 11.9 Å². The molecule has 2 rings (SSSR count). The molecule has 0 radical (unpaired) electrons. The van der Waals surface area contributed by atoms with Gasteiger partial charge >= 0.3 is 5.97 Å². The predicted octanol–water partition coefficient (Wildman–Crippen LogP) is 1.57. The van der Waals surface area contributed by atoms with Crippen molar-refractivity contribution in [3.63, 3.8) is 0 Å². The van der Waals surface area contributed by atoms with E-state index in [-0.39, 0.29) is 22.7 Å². The fourth-order valence-electron chi connectivity index (χ4n) is 1.88. The monoisotopic (exact) mass is 283 g/mol. The summed E-state index contributed by atoms with van der Waals surface area (Å²) in [7, 11) is 0. The topological polar surface area (TPSA) is 107 Å². The lowest BCUT2D eigenvalue weighted by Crippen LogP contribution is -2.27. The number of rotatable bonds is 5. The summed E-state index contributed by atoms with van der Waals surface area (Å²) < 4.78 is 4.91. The van der Waals surface area contributed by atoms with Crippen LogP contribution in [-0.2, 0) is 4.74 Å². The second-order valence-corrected chi connectivity index (χ2v) is 5.43. The predicted molar refractivity (Wildman–Crippen MR) is 74.5 cm³/mol. The smallest absolute Gasteiger partial charge is 0.350 e. The first-order chi connectivity index (χ1) is 9.04. The molecule has 0 spiro atoms. The number of carbonyl (C=O) groups is 2. The van der Waals surface area contributed by atoms with Gasteiger partial charge in [0.15, 0.2) is 0 Å². The lowest BCUT2D eigenvalue weighted by atomic mass is 9.93. The molecule has 6 nitrogen and oxygen atoms in total. The molecule has 1 aliphatic carbocycles. The molecule has 0 unspecified atom stereocenters. The van der Waals surface area contributed by atoms with Gasteiger partial charge in [-0.05, 0) is 26.2 Å². The van der Waals surface area contributed by atoms with Gasteiger partial charge in [0, 0.05) is 6.04 Å². The molecule has 1 fully saturated rings. The number of primary amides is 1. The Balaban J connectivity index is 2.32. The molecule has 19 heavy (non-hydrogen) atoms. The molecule has 0 aliphatic heterocycles. The number of anilines is 2. The fraction of sp³-hybridized carbons (Fsp3) is 0.500. The van der Waals surface area contributed by atoms with Crippen molar-refractivity contribution in [3.8, 4) is 0 Å². The minimum absolute atomic E-state index is 0.109. The molecule has 0 aromatic carbocycles. The van der Waals surface area contributed by atoms with Gasteiger partial charge in [-0.25, -0.2) is 4.79 Å². The van der Waals surface area contributed by atoms with Crippen molar-refractivity contribution < 1.29 is 14.3 Å². The Morgan fingerprint density at radius 1 is 1.47 bits per heavy atom. The van der Waals surface area contributed by atoms with Crippen molar-refractivity contribution in [3.05, 3.63) is 10.4 Å². The van der Waals surface area contributed by atoms with Crippen LogP contribution in [0.5, 0.6) is 0 Å². The van der Waals surface area contributed by atoms with E-state index in [1.165, 1.54) is 0 Å². The van der Waals surface area contributed by atoms with Crippen LogP contribution in [0.2, 0.25) is 0 Å². The lowest BCUT2D eigenvalue weighted by Gasteiger charge is -2.27. The molecule has 7 heteroatoms. The molecular formula is C12H17N3O3S. The number of nitrogens with two attached hydrogens (primary N) is 2. The van der Waals surface area contributed by atoms with Crippen LogP contribution in [0.4, 0.5) is 10.7 Å². The third-order valence-electron chi connectivity index (χ3n) is 3.09. The van der Waals surface area contributed by atoms with Gasteiger partial charge in [-0.15, -0.1) is 11.3 Å². The molecule has 0 saturated heterocycles. The summed E-state index contributed by atoms with van der Waals surface area (Å²) in [6.45, 7) is 1.97.